The molecule has 0 saturated carbocycles. The molecular weight excluding hydrogens is 419 g/mol. The summed E-state index contributed by atoms with van der Waals surface area (Å²) in [4.78, 5) is 18.5. The Kier molecular flexibility index (Phi) is 5.21. The van der Waals surface area contributed by atoms with Crippen LogP contribution >= 0.6 is 0 Å². The number of fused-ring (bicyclic) bond motifs is 2. The number of urea groups is 1. The molecule has 2 aliphatic rings. The Morgan fingerprint density at radius 3 is 2.23 bits per heavy atom. The fourth-order valence-corrected chi connectivity index (χ4v) is 6.16. The van der Waals surface area contributed by atoms with E-state index in [2.05, 4.69) is 10.3 Å². The first-order valence-electron chi connectivity index (χ1n) is 9.57. The van der Waals surface area contributed by atoms with E-state index in [0.29, 0.717) is 25.7 Å². The second-order valence-corrected chi connectivity index (χ2v) is 9.85. The minimum absolute atomic E-state index is 0.178. The molecule has 0 spiro atoms. The number of sulfone groups is 1. The molecule has 2 fully saturated rings. The van der Waals surface area contributed by atoms with E-state index in [1.165, 1.54) is 30.6 Å². The highest BCUT2D eigenvalue weighted by atomic mass is 32.2. The van der Waals surface area contributed by atoms with Crippen LogP contribution in [0, 0.1) is 0 Å². The zero-order valence-corrected chi connectivity index (χ0v) is 16.7. The maximum Gasteiger partial charge on any atom is 0.416 e. The molecule has 3 heterocycles. The van der Waals surface area contributed by atoms with E-state index in [4.69, 9.17) is 0 Å². The third-order valence-electron chi connectivity index (χ3n) is 5.79. The second-order valence-electron chi connectivity index (χ2n) is 7.62. The first-order valence-corrected chi connectivity index (χ1v) is 11.1. The Morgan fingerprint density at radius 2 is 1.70 bits per heavy atom. The minimum Gasteiger partial charge on any atom is -0.318 e. The molecule has 4 rings (SSSR count). The van der Waals surface area contributed by atoms with E-state index >= 15 is 0 Å². The smallest absolute Gasteiger partial charge is 0.318 e. The molecule has 30 heavy (non-hydrogen) atoms. The van der Waals surface area contributed by atoms with Gasteiger partial charge in [0.25, 0.3) is 0 Å². The van der Waals surface area contributed by atoms with Crippen molar-refractivity contribution < 1.29 is 26.4 Å². The quantitative estimate of drug-likeness (QED) is 0.781. The van der Waals surface area contributed by atoms with Gasteiger partial charge in [0, 0.05) is 30.2 Å². The first-order chi connectivity index (χ1) is 14.2. The molecule has 1 aromatic carbocycles. The molecule has 0 radical (unpaired) electrons. The average molecular weight is 439 g/mol. The lowest BCUT2D eigenvalue weighted by Gasteiger charge is -2.38. The van der Waals surface area contributed by atoms with Crippen molar-refractivity contribution in [1.29, 1.82) is 0 Å². The number of amides is 2. The summed E-state index contributed by atoms with van der Waals surface area (Å²) in [6.07, 6.45) is 0.456. The van der Waals surface area contributed by atoms with Crippen LogP contribution in [0.3, 0.4) is 0 Å². The molecule has 2 amide bonds. The lowest BCUT2D eigenvalue weighted by Crippen LogP contribution is -2.51. The van der Waals surface area contributed by atoms with Crippen LogP contribution < -0.4 is 5.32 Å². The molecule has 2 unspecified atom stereocenters. The van der Waals surface area contributed by atoms with Gasteiger partial charge in [-0.05, 0) is 62.1 Å². The van der Waals surface area contributed by atoms with Crippen LogP contribution in [0.2, 0.25) is 0 Å². The number of pyridine rings is 1. The molecule has 160 valence electrons. The third-order valence-corrected chi connectivity index (χ3v) is 7.95. The highest BCUT2D eigenvalue weighted by Gasteiger charge is 2.47. The van der Waals surface area contributed by atoms with Gasteiger partial charge in [-0.2, -0.15) is 13.2 Å². The maximum atomic E-state index is 12.9. The lowest BCUT2D eigenvalue weighted by molar-refractivity contribution is -0.137. The number of hydrogen-bond acceptors (Lipinski definition) is 4. The maximum absolute atomic E-state index is 12.9. The van der Waals surface area contributed by atoms with Crippen molar-refractivity contribution in [3.8, 4) is 0 Å². The van der Waals surface area contributed by atoms with Gasteiger partial charge < -0.3 is 10.2 Å². The molecule has 2 aromatic rings. The van der Waals surface area contributed by atoms with E-state index < -0.39 is 32.9 Å². The van der Waals surface area contributed by atoms with Crippen molar-refractivity contribution in [2.24, 2.45) is 0 Å². The van der Waals surface area contributed by atoms with E-state index in [1.807, 2.05) is 0 Å². The molecule has 1 aromatic heterocycles. The summed E-state index contributed by atoms with van der Waals surface area (Å²) in [6, 6.07) is 6.48. The fourth-order valence-electron chi connectivity index (χ4n) is 4.35. The van der Waals surface area contributed by atoms with Crippen molar-refractivity contribution in [2.75, 3.05) is 5.32 Å². The minimum atomic E-state index is -4.44. The number of halogens is 3. The van der Waals surface area contributed by atoms with E-state index in [1.54, 1.807) is 11.0 Å². The van der Waals surface area contributed by atoms with Crippen molar-refractivity contribution in [2.45, 2.75) is 54.1 Å². The average Bonchev–Trinajstić information content (AvgIpc) is 2.98. The number of nitrogens with one attached hydrogen (secondary N) is 1. The van der Waals surface area contributed by atoms with Gasteiger partial charge in [-0.15, -0.1) is 0 Å². The van der Waals surface area contributed by atoms with Crippen molar-refractivity contribution >= 4 is 21.6 Å². The predicted octanol–water partition coefficient (Wildman–Crippen LogP) is 4.10. The van der Waals surface area contributed by atoms with E-state index in [9.17, 15) is 26.4 Å². The van der Waals surface area contributed by atoms with Crippen molar-refractivity contribution in [3.05, 3.63) is 54.4 Å². The van der Waals surface area contributed by atoms with E-state index in [0.717, 1.165) is 12.1 Å². The van der Waals surface area contributed by atoms with Gasteiger partial charge in [-0.3, -0.25) is 4.98 Å². The number of carbonyl (C=O) groups excluding carboxylic acids is 1. The monoisotopic (exact) mass is 439 g/mol. The van der Waals surface area contributed by atoms with Crippen LogP contribution in [-0.4, -0.2) is 41.7 Å². The number of anilines is 1. The Labute approximate surface area is 172 Å². The number of hydrogen-bond donors (Lipinski definition) is 1. The van der Waals surface area contributed by atoms with Crippen molar-refractivity contribution in [3.63, 3.8) is 0 Å². The Bertz CT molecular complexity index is 1010. The molecule has 2 atom stereocenters. The summed E-state index contributed by atoms with van der Waals surface area (Å²) < 4.78 is 63.9. The van der Waals surface area contributed by atoms with Crippen LogP contribution in [0.15, 0.2) is 53.7 Å². The molecule has 1 N–H and O–H groups in total. The normalized spacial score (nSPS) is 24.0. The SMILES string of the molecule is O=C(Nc1ccc(C(F)(F)F)cc1)N1C2CCC1CC(S(=O)(=O)c1cccnc1)C2. The van der Waals surface area contributed by atoms with Crippen LogP contribution in [0.5, 0.6) is 0 Å². The van der Waals surface area contributed by atoms with Gasteiger partial charge >= 0.3 is 12.2 Å². The summed E-state index contributed by atoms with van der Waals surface area (Å²) >= 11 is 0. The highest BCUT2D eigenvalue weighted by molar-refractivity contribution is 7.92. The summed E-state index contributed by atoms with van der Waals surface area (Å²) in [5.41, 5.74) is -0.528. The van der Waals surface area contributed by atoms with Crippen LogP contribution in [-0.2, 0) is 16.0 Å². The standard InChI is InChI=1S/C20H20F3N3O3S/c21-20(22,23)13-3-5-14(6-4-13)25-19(27)26-15-7-8-16(26)11-18(10-15)30(28,29)17-2-1-9-24-12-17/h1-6,9,12,15-16,18H,7-8,10-11H2,(H,25,27). The molecule has 2 saturated heterocycles. The molecule has 6 nitrogen and oxygen atoms in total. The van der Waals surface area contributed by atoms with Gasteiger partial charge in [0.05, 0.1) is 15.7 Å². The number of nitrogens with zero attached hydrogens (tertiary/aromatic N) is 2. The van der Waals surface area contributed by atoms with Gasteiger partial charge in [0.1, 0.15) is 0 Å². The third kappa shape index (κ3) is 3.88. The molecule has 2 bridgehead atoms. The number of aromatic nitrogens is 1. The number of piperidine rings is 1. The first kappa shape index (κ1) is 20.6. The van der Waals surface area contributed by atoms with Gasteiger partial charge in [-0.1, -0.05) is 0 Å². The predicted molar refractivity (Wildman–Crippen MR) is 104 cm³/mol. The largest absolute Gasteiger partial charge is 0.416 e. The number of benzene rings is 1. The number of rotatable bonds is 3. The zero-order chi connectivity index (χ0) is 21.5. The van der Waals surface area contributed by atoms with Crippen LogP contribution in [0.1, 0.15) is 31.2 Å². The number of alkyl halides is 3. The molecular formula is C20H20F3N3O3S. The van der Waals surface area contributed by atoms with Gasteiger partial charge in [-0.25, -0.2) is 13.2 Å². The van der Waals surface area contributed by atoms with Crippen LogP contribution in [0.25, 0.3) is 0 Å². The zero-order valence-electron chi connectivity index (χ0n) is 15.8. The number of carbonyl (C=O) groups is 1. The van der Waals surface area contributed by atoms with Gasteiger partial charge in [0.2, 0.25) is 0 Å². The summed E-state index contributed by atoms with van der Waals surface area (Å²) in [5.74, 6) is 0. The topological polar surface area (TPSA) is 79.4 Å². The van der Waals surface area contributed by atoms with E-state index in [-0.39, 0.29) is 22.7 Å². The summed E-state index contributed by atoms with van der Waals surface area (Å²) in [7, 11) is -3.54. The highest BCUT2D eigenvalue weighted by Crippen LogP contribution is 2.40. The van der Waals surface area contributed by atoms with Crippen molar-refractivity contribution in [1.82, 2.24) is 9.88 Å². The Balaban J connectivity index is 1.46. The molecule has 10 heteroatoms. The second kappa shape index (κ2) is 7.57. The Morgan fingerprint density at radius 1 is 1.07 bits per heavy atom. The fraction of sp³-hybridized carbons (Fsp3) is 0.400. The van der Waals surface area contributed by atoms with Crippen LogP contribution in [0.4, 0.5) is 23.7 Å². The summed E-state index contributed by atoms with van der Waals surface area (Å²) in [5, 5.41) is 2.05. The molecule has 0 aliphatic carbocycles. The summed E-state index contributed by atoms with van der Waals surface area (Å²) in [6.45, 7) is 0. The van der Waals surface area contributed by atoms with Gasteiger partial charge in [0.15, 0.2) is 9.84 Å². The Hall–Kier alpha value is -2.62. The molecule has 2 aliphatic heterocycles. The lowest BCUT2D eigenvalue weighted by atomic mass is 10.0.